The van der Waals surface area contributed by atoms with E-state index in [0.717, 1.165) is 10.1 Å². The van der Waals surface area contributed by atoms with Crippen LogP contribution < -0.4 is 26.6 Å². The Bertz CT molecular complexity index is 1880. The molecule has 1 aromatic heterocycles. The number of amides is 2. The van der Waals surface area contributed by atoms with Gasteiger partial charge in [0.2, 0.25) is 5.91 Å². The lowest BCUT2D eigenvalue weighted by molar-refractivity contribution is -0.116. The molecular weight excluding hydrogens is 556 g/mol. The van der Waals surface area contributed by atoms with E-state index in [1.165, 1.54) is 29.9 Å². The molecule has 0 atom stereocenters. The number of methoxy groups -OCH3 is 1. The summed E-state index contributed by atoms with van der Waals surface area (Å²) in [5, 5.41) is 6.21. The summed E-state index contributed by atoms with van der Waals surface area (Å²) in [4.78, 5) is 53.5. The molecule has 42 heavy (non-hydrogen) atoms. The van der Waals surface area contributed by atoms with Gasteiger partial charge in [0.05, 0.1) is 23.7 Å². The number of fused-ring (bicyclic) bond motifs is 1. The first-order valence-corrected chi connectivity index (χ1v) is 13.5. The highest BCUT2D eigenvalue weighted by Gasteiger charge is 2.19. The number of hydrogen-bond donors (Lipinski definition) is 2. The van der Waals surface area contributed by atoms with Crippen molar-refractivity contribution < 1.29 is 14.3 Å². The number of nitrogens with one attached hydrogen (secondary N) is 2. The predicted molar refractivity (Wildman–Crippen MR) is 163 cm³/mol. The van der Waals surface area contributed by atoms with Gasteiger partial charge in [0, 0.05) is 22.8 Å². The third kappa shape index (κ3) is 6.26. The van der Waals surface area contributed by atoms with E-state index in [2.05, 4.69) is 10.6 Å². The summed E-state index contributed by atoms with van der Waals surface area (Å²) >= 11 is 6.05. The minimum atomic E-state index is -0.736. The van der Waals surface area contributed by atoms with Gasteiger partial charge in [-0.1, -0.05) is 48.0 Å². The van der Waals surface area contributed by atoms with Gasteiger partial charge in [-0.25, -0.2) is 9.36 Å². The Morgan fingerprint density at radius 2 is 1.64 bits per heavy atom. The molecule has 5 rings (SSSR count). The Morgan fingerprint density at radius 1 is 0.881 bits per heavy atom. The molecule has 2 N–H and O–H groups in total. The zero-order valence-electron chi connectivity index (χ0n) is 22.7. The number of carbonyl (C=O) groups excluding carboxylic acids is 2. The van der Waals surface area contributed by atoms with E-state index in [1.54, 1.807) is 48.5 Å². The molecule has 4 aromatic carbocycles. The normalized spacial score (nSPS) is 10.8. The maximum Gasteiger partial charge on any atom is 0.336 e. The SMILES string of the molecule is COc1ccc(-n2c(=O)c3ccc(C(=O)NCCc4ccccc4)cc3n(CC(=O)Nc3cccc(Cl)c3)c2=O)cc1. The number of anilines is 1. The molecule has 10 heteroatoms. The topological polar surface area (TPSA) is 111 Å². The molecule has 0 fully saturated rings. The van der Waals surface area contributed by atoms with Crippen LogP contribution in [0.15, 0.2) is 107 Å². The van der Waals surface area contributed by atoms with Crippen LogP contribution in [0, 0.1) is 0 Å². The summed E-state index contributed by atoms with van der Waals surface area (Å²) in [7, 11) is 1.51. The fourth-order valence-corrected chi connectivity index (χ4v) is 4.79. The highest BCUT2D eigenvalue weighted by molar-refractivity contribution is 6.30. The van der Waals surface area contributed by atoms with Crippen molar-refractivity contribution in [1.29, 1.82) is 0 Å². The number of rotatable bonds is 9. The summed E-state index contributed by atoms with van der Waals surface area (Å²) in [5.74, 6) is -0.329. The third-order valence-electron chi connectivity index (χ3n) is 6.69. The smallest absolute Gasteiger partial charge is 0.336 e. The van der Waals surface area contributed by atoms with Crippen LogP contribution in [0.3, 0.4) is 0 Å². The maximum atomic E-state index is 13.8. The van der Waals surface area contributed by atoms with Crippen molar-refractivity contribution in [3.8, 4) is 11.4 Å². The number of nitrogens with zero attached hydrogens (tertiary/aromatic N) is 2. The van der Waals surface area contributed by atoms with Crippen molar-refractivity contribution in [2.75, 3.05) is 19.0 Å². The van der Waals surface area contributed by atoms with Crippen LogP contribution in [0.2, 0.25) is 5.02 Å². The zero-order valence-corrected chi connectivity index (χ0v) is 23.4. The van der Waals surface area contributed by atoms with Gasteiger partial charge in [-0.3, -0.25) is 19.0 Å². The quantitative estimate of drug-likeness (QED) is 0.267. The molecule has 0 saturated heterocycles. The molecule has 0 saturated carbocycles. The summed E-state index contributed by atoms with van der Waals surface area (Å²) in [6, 6.07) is 27.3. The van der Waals surface area contributed by atoms with Crippen molar-refractivity contribution in [3.63, 3.8) is 0 Å². The molecule has 0 aliphatic rings. The standard InChI is InChI=1S/C32H27ClN4O5/c1-42-26-13-11-25(12-14-26)37-31(40)27-15-10-22(30(39)34-17-16-21-6-3-2-4-7-21)18-28(27)36(32(37)41)20-29(38)35-24-9-5-8-23(33)19-24/h2-15,18-19H,16-17,20H2,1H3,(H,34,39)(H,35,38). The Hall–Kier alpha value is -5.15. The average molecular weight is 583 g/mol. The first kappa shape index (κ1) is 28.4. The van der Waals surface area contributed by atoms with Crippen LogP contribution in [-0.4, -0.2) is 34.6 Å². The van der Waals surface area contributed by atoms with E-state index in [9.17, 15) is 19.2 Å². The zero-order chi connectivity index (χ0) is 29.6. The van der Waals surface area contributed by atoms with Crippen LogP contribution in [0.1, 0.15) is 15.9 Å². The summed E-state index contributed by atoms with van der Waals surface area (Å²) in [5.41, 5.74) is 0.928. The van der Waals surface area contributed by atoms with Gasteiger partial charge in [-0.15, -0.1) is 0 Å². The second-order valence-corrected chi connectivity index (χ2v) is 9.93. The van der Waals surface area contributed by atoms with Gasteiger partial charge in [0.25, 0.3) is 11.5 Å². The Morgan fingerprint density at radius 3 is 2.36 bits per heavy atom. The fourth-order valence-electron chi connectivity index (χ4n) is 4.60. The minimum Gasteiger partial charge on any atom is -0.497 e. The average Bonchev–Trinajstić information content (AvgIpc) is 3.00. The molecule has 5 aromatic rings. The van der Waals surface area contributed by atoms with Crippen LogP contribution in [-0.2, 0) is 17.8 Å². The first-order valence-electron chi connectivity index (χ1n) is 13.2. The molecule has 9 nitrogen and oxygen atoms in total. The van der Waals surface area contributed by atoms with E-state index in [1.807, 2.05) is 30.3 Å². The van der Waals surface area contributed by atoms with E-state index in [0.29, 0.717) is 35.1 Å². The minimum absolute atomic E-state index is 0.159. The lowest BCUT2D eigenvalue weighted by Gasteiger charge is -2.15. The van der Waals surface area contributed by atoms with Crippen LogP contribution >= 0.6 is 11.6 Å². The highest BCUT2D eigenvalue weighted by Crippen LogP contribution is 2.18. The molecule has 1 heterocycles. The molecule has 2 amide bonds. The van der Waals surface area contributed by atoms with E-state index >= 15 is 0 Å². The van der Waals surface area contributed by atoms with Gasteiger partial charge in [0.1, 0.15) is 12.3 Å². The Labute approximate surface area is 245 Å². The summed E-state index contributed by atoms with van der Waals surface area (Å²) in [6.45, 7) is -0.0217. The molecule has 212 valence electrons. The summed E-state index contributed by atoms with van der Waals surface area (Å²) in [6.07, 6.45) is 0.640. The Balaban J connectivity index is 1.53. The van der Waals surface area contributed by atoms with Gasteiger partial charge < -0.3 is 15.4 Å². The van der Waals surface area contributed by atoms with Crippen LogP contribution in [0.4, 0.5) is 5.69 Å². The second-order valence-electron chi connectivity index (χ2n) is 9.49. The number of benzene rings is 4. The molecule has 0 unspecified atom stereocenters. The molecular formula is C32H27ClN4O5. The number of aromatic nitrogens is 2. The van der Waals surface area contributed by atoms with Crippen LogP contribution in [0.25, 0.3) is 16.6 Å². The fraction of sp³-hybridized carbons (Fsp3) is 0.125. The number of carbonyl (C=O) groups is 2. The predicted octanol–water partition coefficient (Wildman–Crippen LogP) is 4.43. The van der Waals surface area contributed by atoms with Crippen molar-refractivity contribution in [2.24, 2.45) is 0 Å². The van der Waals surface area contributed by atoms with Crippen LogP contribution in [0.5, 0.6) is 5.75 Å². The van der Waals surface area contributed by atoms with Gasteiger partial charge >= 0.3 is 5.69 Å². The molecule has 0 radical (unpaired) electrons. The van der Waals surface area contributed by atoms with Crippen molar-refractivity contribution in [3.05, 3.63) is 134 Å². The second kappa shape index (κ2) is 12.6. The van der Waals surface area contributed by atoms with Crippen molar-refractivity contribution in [1.82, 2.24) is 14.5 Å². The largest absolute Gasteiger partial charge is 0.497 e. The lowest BCUT2D eigenvalue weighted by Crippen LogP contribution is -2.41. The van der Waals surface area contributed by atoms with Gasteiger partial charge in [-0.05, 0) is 72.6 Å². The maximum absolute atomic E-state index is 13.8. The molecule has 0 aliphatic carbocycles. The summed E-state index contributed by atoms with van der Waals surface area (Å²) < 4.78 is 7.37. The lowest BCUT2D eigenvalue weighted by atomic mass is 10.1. The van der Waals surface area contributed by atoms with E-state index in [4.69, 9.17) is 16.3 Å². The first-order chi connectivity index (χ1) is 20.3. The van der Waals surface area contributed by atoms with Crippen molar-refractivity contribution >= 4 is 40.0 Å². The van der Waals surface area contributed by atoms with Gasteiger partial charge in [0.15, 0.2) is 0 Å². The number of ether oxygens (including phenoxy) is 1. The van der Waals surface area contributed by atoms with E-state index < -0.39 is 23.7 Å². The molecule has 0 aliphatic heterocycles. The number of hydrogen-bond acceptors (Lipinski definition) is 5. The Kier molecular flexibility index (Phi) is 8.50. The third-order valence-corrected chi connectivity index (χ3v) is 6.92. The van der Waals surface area contributed by atoms with E-state index in [-0.39, 0.29) is 22.4 Å². The molecule has 0 spiro atoms. The highest BCUT2D eigenvalue weighted by atomic mass is 35.5. The monoisotopic (exact) mass is 582 g/mol. The van der Waals surface area contributed by atoms with Crippen molar-refractivity contribution in [2.45, 2.75) is 13.0 Å². The van der Waals surface area contributed by atoms with Gasteiger partial charge in [-0.2, -0.15) is 0 Å². The number of halogens is 1. The molecule has 0 bridgehead atoms.